The number of carboxylic acid groups (broad SMARTS) is 1. The van der Waals surface area contributed by atoms with E-state index in [2.05, 4.69) is 21.2 Å². The van der Waals surface area contributed by atoms with Gasteiger partial charge in [0.25, 0.3) is 5.91 Å². The van der Waals surface area contributed by atoms with Crippen LogP contribution in [0.1, 0.15) is 23.7 Å². The van der Waals surface area contributed by atoms with Crippen LogP contribution in [0.15, 0.2) is 21.4 Å². The summed E-state index contributed by atoms with van der Waals surface area (Å²) in [7, 11) is 0. The van der Waals surface area contributed by atoms with E-state index in [1.807, 2.05) is 0 Å². The van der Waals surface area contributed by atoms with Gasteiger partial charge in [0.05, 0.1) is 11.8 Å². The highest BCUT2D eigenvalue weighted by atomic mass is 79.9. The van der Waals surface area contributed by atoms with Crippen LogP contribution in [0.25, 0.3) is 0 Å². The number of furan rings is 1. The molecular weight excluding hydrogens is 278 g/mol. The van der Waals surface area contributed by atoms with Crippen LogP contribution in [-0.4, -0.2) is 23.5 Å². The van der Waals surface area contributed by atoms with Gasteiger partial charge >= 0.3 is 5.97 Å². The molecule has 1 rings (SSSR count). The highest BCUT2D eigenvalue weighted by Gasteiger charge is 2.14. The van der Waals surface area contributed by atoms with E-state index in [1.165, 1.54) is 6.26 Å². The van der Waals surface area contributed by atoms with Gasteiger partial charge in [0.2, 0.25) is 0 Å². The molecule has 1 unspecified atom stereocenters. The highest BCUT2D eigenvalue weighted by molar-refractivity contribution is 9.10. The second-order valence-corrected chi connectivity index (χ2v) is 4.24. The predicted molar refractivity (Wildman–Crippen MR) is 60.2 cm³/mol. The Balaban J connectivity index is 2.42. The number of hydrogen-bond donors (Lipinski definition) is 2. The van der Waals surface area contributed by atoms with Crippen molar-refractivity contribution in [3.8, 4) is 0 Å². The van der Waals surface area contributed by atoms with E-state index in [0.29, 0.717) is 16.8 Å². The van der Waals surface area contributed by atoms with Gasteiger partial charge in [-0.3, -0.25) is 9.59 Å². The van der Waals surface area contributed by atoms with Gasteiger partial charge in [-0.1, -0.05) is 6.92 Å². The number of rotatable bonds is 5. The zero-order valence-corrected chi connectivity index (χ0v) is 10.3. The van der Waals surface area contributed by atoms with Crippen molar-refractivity contribution in [3.05, 3.63) is 22.6 Å². The molecule has 0 radical (unpaired) electrons. The Morgan fingerprint density at radius 2 is 2.31 bits per heavy atom. The largest absolute Gasteiger partial charge is 0.481 e. The molecule has 1 aromatic heterocycles. The van der Waals surface area contributed by atoms with Crippen LogP contribution in [0.5, 0.6) is 0 Å². The molecule has 1 aromatic rings. The molecule has 0 fully saturated rings. The molecule has 0 aliphatic rings. The lowest BCUT2D eigenvalue weighted by Gasteiger charge is -2.09. The van der Waals surface area contributed by atoms with Crippen LogP contribution < -0.4 is 5.32 Å². The summed E-state index contributed by atoms with van der Waals surface area (Å²) in [6, 6.07) is 1.54. The smallest absolute Gasteiger partial charge is 0.303 e. The van der Waals surface area contributed by atoms with Crippen LogP contribution in [0.2, 0.25) is 0 Å². The Morgan fingerprint density at radius 3 is 2.81 bits per heavy atom. The minimum atomic E-state index is -0.869. The van der Waals surface area contributed by atoms with E-state index in [1.54, 1.807) is 13.0 Å². The quantitative estimate of drug-likeness (QED) is 0.867. The molecule has 0 aliphatic carbocycles. The third-order valence-corrected chi connectivity index (χ3v) is 2.61. The number of halogens is 1. The van der Waals surface area contributed by atoms with Crippen LogP contribution in [0, 0.1) is 5.92 Å². The van der Waals surface area contributed by atoms with Crippen molar-refractivity contribution in [3.63, 3.8) is 0 Å². The summed E-state index contributed by atoms with van der Waals surface area (Å²) in [6.45, 7) is 2.08. The lowest BCUT2D eigenvalue weighted by molar-refractivity contribution is -0.137. The van der Waals surface area contributed by atoms with Gasteiger partial charge in [0.1, 0.15) is 0 Å². The first-order chi connectivity index (χ1) is 7.50. The van der Waals surface area contributed by atoms with E-state index in [4.69, 9.17) is 9.52 Å². The Morgan fingerprint density at radius 1 is 1.62 bits per heavy atom. The average Bonchev–Trinajstić information content (AvgIpc) is 2.60. The normalized spacial score (nSPS) is 12.1. The Hall–Kier alpha value is -1.30. The fraction of sp³-hybridized carbons (Fsp3) is 0.400. The summed E-state index contributed by atoms with van der Waals surface area (Å²) in [6.07, 6.45) is 1.44. The van der Waals surface area contributed by atoms with Gasteiger partial charge in [-0.2, -0.15) is 0 Å². The van der Waals surface area contributed by atoms with E-state index in [9.17, 15) is 9.59 Å². The molecule has 0 spiro atoms. The molecule has 88 valence electrons. The molecule has 0 bridgehead atoms. The first kappa shape index (κ1) is 12.8. The maximum Gasteiger partial charge on any atom is 0.303 e. The molecule has 1 heterocycles. The molecule has 1 atom stereocenters. The Bertz CT molecular complexity index is 388. The maximum atomic E-state index is 11.6. The fourth-order valence-electron chi connectivity index (χ4n) is 1.19. The summed E-state index contributed by atoms with van der Waals surface area (Å²) in [5.74, 6) is -1.25. The standard InChI is InChI=1S/C10H12BrNO4/c1-6(4-8(13)14)5-12-10(15)7-2-3-16-9(7)11/h2-3,6H,4-5H2,1H3,(H,12,15)(H,13,14). The zero-order valence-electron chi connectivity index (χ0n) is 8.70. The van der Waals surface area contributed by atoms with Gasteiger partial charge in [-0.05, 0) is 27.9 Å². The highest BCUT2D eigenvalue weighted by Crippen LogP contribution is 2.17. The van der Waals surface area contributed by atoms with Crippen LogP contribution in [0.3, 0.4) is 0 Å². The third kappa shape index (κ3) is 3.69. The molecule has 6 heteroatoms. The van der Waals surface area contributed by atoms with Crippen LogP contribution in [0.4, 0.5) is 0 Å². The lowest BCUT2D eigenvalue weighted by atomic mass is 10.1. The molecule has 16 heavy (non-hydrogen) atoms. The van der Waals surface area contributed by atoms with Crippen molar-refractivity contribution < 1.29 is 19.1 Å². The van der Waals surface area contributed by atoms with Gasteiger partial charge in [0, 0.05) is 13.0 Å². The lowest BCUT2D eigenvalue weighted by Crippen LogP contribution is -2.29. The molecule has 0 saturated carbocycles. The van der Waals surface area contributed by atoms with E-state index >= 15 is 0 Å². The minimum absolute atomic E-state index is 0.0346. The SMILES string of the molecule is CC(CNC(=O)c1ccoc1Br)CC(=O)O. The minimum Gasteiger partial charge on any atom is -0.481 e. The van der Waals surface area contributed by atoms with Gasteiger partial charge in [-0.15, -0.1) is 0 Å². The number of carbonyl (C=O) groups excluding carboxylic acids is 1. The molecular formula is C10H12BrNO4. The van der Waals surface area contributed by atoms with Crippen molar-refractivity contribution >= 4 is 27.8 Å². The molecule has 1 amide bonds. The molecule has 5 nitrogen and oxygen atoms in total. The number of amides is 1. The second-order valence-electron chi connectivity index (χ2n) is 3.52. The topological polar surface area (TPSA) is 79.5 Å². The molecule has 0 aliphatic heterocycles. The van der Waals surface area contributed by atoms with Gasteiger partial charge in [0.15, 0.2) is 4.67 Å². The first-order valence-electron chi connectivity index (χ1n) is 4.73. The fourth-order valence-corrected chi connectivity index (χ4v) is 1.61. The second kappa shape index (κ2) is 5.69. The van der Waals surface area contributed by atoms with Crippen molar-refractivity contribution in [2.24, 2.45) is 5.92 Å². The third-order valence-electron chi connectivity index (χ3n) is 2.00. The summed E-state index contributed by atoms with van der Waals surface area (Å²) in [4.78, 5) is 22.0. The number of hydrogen-bond acceptors (Lipinski definition) is 3. The monoisotopic (exact) mass is 289 g/mol. The molecule has 0 aromatic carbocycles. The number of carboxylic acids is 1. The van der Waals surface area contributed by atoms with E-state index < -0.39 is 5.97 Å². The summed E-state index contributed by atoms with van der Waals surface area (Å²) in [5, 5.41) is 11.2. The van der Waals surface area contributed by atoms with Gasteiger partial charge < -0.3 is 14.8 Å². The average molecular weight is 290 g/mol. The van der Waals surface area contributed by atoms with Crippen LogP contribution >= 0.6 is 15.9 Å². The van der Waals surface area contributed by atoms with E-state index in [-0.39, 0.29) is 18.2 Å². The zero-order chi connectivity index (χ0) is 12.1. The molecule has 2 N–H and O–H groups in total. The number of nitrogens with one attached hydrogen (secondary N) is 1. The van der Waals surface area contributed by atoms with Crippen molar-refractivity contribution in [1.82, 2.24) is 5.32 Å². The molecule has 0 saturated heterocycles. The van der Waals surface area contributed by atoms with Crippen LogP contribution in [-0.2, 0) is 4.79 Å². The summed E-state index contributed by atoms with van der Waals surface area (Å²) in [5.41, 5.74) is 0.405. The summed E-state index contributed by atoms with van der Waals surface area (Å²) >= 11 is 3.09. The number of aliphatic carboxylic acids is 1. The van der Waals surface area contributed by atoms with Crippen molar-refractivity contribution in [1.29, 1.82) is 0 Å². The first-order valence-corrected chi connectivity index (χ1v) is 5.53. The van der Waals surface area contributed by atoms with Crippen molar-refractivity contribution in [2.75, 3.05) is 6.54 Å². The Labute approximate surface area is 101 Å². The van der Waals surface area contributed by atoms with E-state index in [0.717, 1.165) is 0 Å². The van der Waals surface area contributed by atoms with Crippen molar-refractivity contribution in [2.45, 2.75) is 13.3 Å². The Kier molecular flexibility index (Phi) is 4.54. The summed E-state index contributed by atoms with van der Waals surface area (Å²) < 4.78 is 5.29. The maximum absolute atomic E-state index is 11.6. The van der Waals surface area contributed by atoms with Gasteiger partial charge in [-0.25, -0.2) is 0 Å². The predicted octanol–water partition coefficient (Wildman–Crippen LogP) is 1.88. The number of carbonyl (C=O) groups is 2.